The van der Waals surface area contributed by atoms with Crippen molar-refractivity contribution in [2.75, 3.05) is 6.61 Å². The molecule has 0 aliphatic rings. The van der Waals surface area contributed by atoms with Crippen molar-refractivity contribution in [3.63, 3.8) is 0 Å². The van der Waals surface area contributed by atoms with E-state index in [0.29, 0.717) is 6.61 Å². The molecule has 128 valence electrons. The van der Waals surface area contributed by atoms with Gasteiger partial charge in [-0.05, 0) is 24.1 Å². The van der Waals surface area contributed by atoms with Gasteiger partial charge in [-0.3, -0.25) is 9.59 Å². The van der Waals surface area contributed by atoms with E-state index in [4.69, 9.17) is 4.74 Å². The standard InChI is InChI=1S/C21H21NO3/c1-2-25-21(24)13-18(23)12-17-15-22(14-16-8-4-3-5-9-16)20-11-7-6-10-19(17)20/h3-11,15H,2,12-14H2,1H3. The number of esters is 1. The summed E-state index contributed by atoms with van der Waals surface area (Å²) in [6, 6.07) is 18.2. The van der Waals surface area contributed by atoms with E-state index in [1.54, 1.807) is 6.92 Å². The van der Waals surface area contributed by atoms with Crippen LogP contribution < -0.4 is 0 Å². The largest absolute Gasteiger partial charge is 0.466 e. The summed E-state index contributed by atoms with van der Waals surface area (Å²) in [7, 11) is 0. The summed E-state index contributed by atoms with van der Waals surface area (Å²) in [6.07, 6.45) is 2.08. The Bertz CT molecular complexity index is 881. The average molecular weight is 335 g/mol. The lowest BCUT2D eigenvalue weighted by molar-refractivity contribution is -0.145. The van der Waals surface area contributed by atoms with Crippen LogP contribution in [0.5, 0.6) is 0 Å². The highest BCUT2D eigenvalue weighted by atomic mass is 16.5. The molecule has 0 saturated heterocycles. The van der Waals surface area contributed by atoms with Crippen LogP contribution in [0.25, 0.3) is 10.9 Å². The molecule has 0 spiro atoms. The summed E-state index contributed by atoms with van der Waals surface area (Å²) in [6.45, 7) is 2.77. The lowest BCUT2D eigenvalue weighted by atomic mass is 10.1. The number of aromatic nitrogens is 1. The number of nitrogens with zero attached hydrogens (tertiary/aromatic N) is 1. The maximum absolute atomic E-state index is 12.2. The van der Waals surface area contributed by atoms with E-state index in [-0.39, 0.29) is 18.6 Å². The van der Waals surface area contributed by atoms with E-state index in [2.05, 4.69) is 22.8 Å². The van der Waals surface area contributed by atoms with Gasteiger partial charge in [0.1, 0.15) is 12.2 Å². The van der Waals surface area contributed by atoms with Gasteiger partial charge in [0.2, 0.25) is 0 Å². The van der Waals surface area contributed by atoms with Gasteiger partial charge in [0.05, 0.1) is 6.61 Å². The summed E-state index contributed by atoms with van der Waals surface area (Å²) in [5.41, 5.74) is 3.23. The summed E-state index contributed by atoms with van der Waals surface area (Å²) >= 11 is 0. The average Bonchev–Trinajstić information content (AvgIpc) is 2.94. The summed E-state index contributed by atoms with van der Waals surface area (Å²) in [5.74, 6) is -0.582. The van der Waals surface area contributed by atoms with Gasteiger partial charge in [0, 0.05) is 30.1 Å². The van der Waals surface area contributed by atoms with E-state index in [9.17, 15) is 9.59 Å². The molecule has 0 aliphatic carbocycles. The van der Waals surface area contributed by atoms with Gasteiger partial charge in [0.25, 0.3) is 0 Å². The van der Waals surface area contributed by atoms with Crippen molar-refractivity contribution in [3.05, 3.63) is 71.9 Å². The highest BCUT2D eigenvalue weighted by Crippen LogP contribution is 2.23. The molecule has 2 aromatic carbocycles. The van der Waals surface area contributed by atoms with Crippen molar-refractivity contribution in [2.45, 2.75) is 26.3 Å². The molecule has 4 heteroatoms. The van der Waals surface area contributed by atoms with E-state index < -0.39 is 5.97 Å². The number of hydrogen-bond acceptors (Lipinski definition) is 3. The molecule has 0 radical (unpaired) electrons. The van der Waals surface area contributed by atoms with Gasteiger partial charge in [-0.1, -0.05) is 48.5 Å². The number of ether oxygens (including phenoxy) is 1. The topological polar surface area (TPSA) is 48.3 Å². The third-order valence-corrected chi connectivity index (χ3v) is 4.10. The molecular weight excluding hydrogens is 314 g/mol. The van der Waals surface area contributed by atoms with Crippen molar-refractivity contribution in [3.8, 4) is 0 Å². The first-order valence-corrected chi connectivity index (χ1v) is 8.45. The van der Waals surface area contributed by atoms with Crippen LogP contribution in [0.4, 0.5) is 0 Å². The number of Topliss-reactive ketones (excluding diaryl/α,β-unsaturated/α-hetero) is 1. The summed E-state index contributed by atoms with van der Waals surface area (Å²) in [4.78, 5) is 23.7. The van der Waals surface area contributed by atoms with Gasteiger partial charge < -0.3 is 9.30 Å². The van der Waals surface area contributed by atoms with Crippen molar-refractivity contribution in [1.29, 1.82) is 0 Å². The fraction of sp³-hybridized carbons (Fsp3) is 0.238. The number of benzene rings is 2. The van der Waals surface area contributed by atoms with Crippen LogP contribution in [0.1, 0.15) is 24.5 Å². The predicted molar refractivity (Wildman–Crippen MR) is 97.4 cm³/mol. The minimum atomic E-state index is -0.458. The molecule has 3 aromatic rings. The Morgan fingerprint density at radius 3 is 2.48 bits per heavy atom. The molecule has 0 saturated carbocycles. The molecule has 0 aliphatic heterocycles. The quantitative estimate of drug-likeness (QED) is 0.488. The second-order valence-corrected chi connectivity index (χ2v) is 5.98. The zero-order chi connectivity index (χ0) is 17.6. The van der Waals surface area contributed by atoms with E-state index in [0.717, 1.165) is 23.0 Å². The minimum absolute atomic E-state index is 0.124. The number of hydrogen-bond donors (Lipinski definition) is 0. The molecular formula is C21H21NO3. The first-order valence-electron chi connectivity index (χ1n) is 8.45. The van der Waals surface area contributed by atoms with Crippen LogP contribution in [0, 0.1) is 0 Å². The Morgan fingerprint density at radius 1 is 1.00 bits per heavy atom. The summed E-state index contributed by atoms with van der Waals surface area (Å²) in [5, 5.41) is 1.05. The predicted octanol–water partition coefficient (Wildman–Crippen LogP) is 3.75. The van der Waals surface area contributed by atoms with Crippen LogP contribution in [0.2, 0.25) is 0 Å². The highest BCUT2D eigenvalue weighted by molar-refractivity contribution is 5.98. The Morgan fingerprint density at radius 2 is 1.72 bits per heavy atom. The lowest BCUT2D eigenvalue weighted by Gasteiger charge is -2.05. The van der Waals surface area contributed by atoms with Crippen LogP contribution >= 0.6 is 0 Å². The molecule has 1 heterocycles. The molecule has 4 nitrogen and oxygen atoms in total. The molecule has 0 bridgehead atoms. The van der Waals surface area contributed by atoms with Crippen LogP contribution in [0.15, 0.2) is 60.8 Å². The van der Waals surface area contributed by atoms with E-state index >= 15 is 0 Å². The highest BCUT2D eigenvalue weighted by Gasteiger charge is 2.15. The Hall–Kier alpha value is -2.88. The zero-order valence-corrected chi connectivity index (χ0v) is 14.3. The number of fused-ring (bicyclic) bond motifs is 1. The molecule has 0 atom stereocenters. The van der Waals surface area contributed by atoms with Crippen molar-refractivity contribution >= 4 is 22.7 Å². The maximum Gasteiger partial charge on any atom is 0.313 e. The van der Waals surface area contributed by atoms with Gasteiger partial charge in [-0.15, -0.1) is 0 Å². The number of rotatable bonds is 7. The first kappa shape index (κ1) is 17.0. The Balaban J connectivity index is 1.84. The molecule has 0 unspecified atom stereocenters. The molecule has 1 aromatic heterocycles. The number of carbonyl (C=O) groups is 2. The summed E-state index contributed by atoms with van der Waals surface area (Å²) < 4.78 is 7.01. The molecule has 0 fully saturated rings. The second kappa shape index (κ2) is 7.79. The van der Waals surface area contributed by atoms with Gasteiger partial charge in [-0.2, -0.15) is 0 Å². The van der Waals surface area contributed by atoms with E-state index in [1.165, 1.54) is 5.56 Å². The third-order valence-electron chi connectivity index (χ3n) is 4.10. The van der Waals surface area contributed by atoms with Crippen molar-refractivity contribution in [2.24, 2.45) is 0 Å². The Kier molecular flexibility index (Phi) is 5.29. The zero-order valence-electron chi connectivity index (χ0n) is 14.3. The number of ketones is 1. The second-order valence-electron chi connectivity index (χ2n) is 5.98. The number of para-hydroxylation sites is 1. The first-order chi connectivity index (χ1) is 12.2. The molecule has 0 N–H and O–H groups in total. The number of carbonyl (C=O) groups excluding carboxylic acids is 2. The van der Waals surface area contributed by atoms with Gasteiger partial charge >= 0.3 is 5.97 Å². The maximum atomic E-state index is 12.2. The minimum Gasteiger partial charge on any atom is -0.466 e. The van der Waals surface area contributed by atoms with Crippen molar-refractivity contribution < 1.29 is 14.3 Å². The fourth-order valence-electron chi connectivity index (χ4n) is 3.02. The van der Waals surface area contributed by atoms with Gasteiger partial charge in [-0.25, -0.2) is 0 Å². The van der Waals surface area contributed by atoms with E-state index in [1.807, 2.05) is 42.6 Å². The Labute approximate surface area is 147 Å². The lowest BCUT2D eigenvalue weighted by Crippen LogP contribution is -2.12. The van der Waals surface area contributed by atoms with Crippen LogP contribution in [-0.2, 0) is 27.3 Å². The normalized spacial score (nSPS) is 10.8. The monoisotopic (exact) mass is 335 g/mol. The third kappa shape index (κ3) is 4.15. The molecule has 25 heavy (non-hydrogen) atoms. The van der Waals surface area contributed by atoms with Crippen LogP contribution in [0.3, 0.4) is 0 Å². The van der Waals surface area contributed by atoms with Gasteiger partial charge in [0.15, 0.2) is 0 Å². The molecule has 3 rings (SSSR count). The molecule has 0 amide bonds. The smallest absolute Gasteiger partial charge is 0.313 e. The van der Waals surface area contributed by atoms with Crippen LogP contribution in [-0.4, -0.2) is 22.9 Å². The fourth-order valence-corrected chi connectivity index (χ4v) is 3.02. The van der Waals surface area contributed by atoms with Crippen molar-refractivity contribution in [1.82, 2.24) is 4.57 Å². The SMILES string of the molecule is CCOC(=O)CC(=O)Cc1cn(Cc2ccccc2)c2ccccc12.